The Morgan fingerprint density at radius 3 is 2.21 bits per heavy atom. The van der Waals surface area contributed by atoms with Crippen LogP contribution in [0.25, 0.3) is 0 Å². The highest BCUT2D eigenvalue weighted by atomic mass is 16.3. The van der Waals surface area contributed by atoms with Gasteiger partial charge in [0.2, 0.25) is 0 Å². The van der Waals surface area contributed by atoms with Crippen LogP contribution in [0.1, 0.15) is 37.9 Å². The number of nitrogens with one attached hydrogen (secondary N) is 1. The van der Waals surface area contributed by atoms with Gasteiger partial charge in [0.15, 0.2) is 0 Å². The van der Waals surface area contributed by atoms with Crippen molar-refractivity contribution in [2.24, 2.45) is 0 Å². The average Bonchev–Trinajstić information content (AvgIpc) is 2.40. The summed E-state index contributed by atoms with van der Waals surface area (Å²) in [6.45, 7) is 10.9. The summed E-state index contributed by atoms with van der Waals surface area (Å²) in [6, 6.07) is 8.86. The summed E-state index contributed by atoms with van der Waals surface area (Å²) in [7, 11) is 0. The molecule has 0 aromatic heterocycles. The Hall–Kier alpha value is -0.900. The van der Waals surface area contributed by atoms with Crippen LogP contribution >= 0.6 is 0 Å². The predicted octanol–water partition coefficient (Wildman–Crippen LogP) is 1.92. The molecule has 3 nitrogen and oxygen atoms in total. The SMILES string of the molecule is CC(C)(C)c1ccc([C@H](CO)N2CCNCC2)cc1. The van der Waals surface area contributed by atoms with Gasteiger partial charge in [-0.15, -0.1) is 0 Å². The lowest BCUT2D eigenvalue weighted by atomic mass is 9.86. The summed E-state index contributed by atoms with van der Waals surface area (Å²) in [5, 5.41) is 13.0. The van der Waals surface area contributed by atoms with E-state index in [0.717, 1.165) is 26.2 Å². The topological polar surface area (TPSA) is 35.5 Å². The number of nitrogens with zero attached hydrogens (tertiary/aromatic N) is 1. The minimum absolute atomic E-state index is 0.135. The molecule has 1 fully saturated rings. The third kappa shape index (κ3) is 3.56. The first-order valence-electron chi connectivity index (χ1n) is 7.18. The Kier molecular flexibility index (Phi) is 4.61. The van der Waals surface area contributed by atoms with Gasteiger partial charge in [-0.05, 0) is 16.5 Å². The van der Waals surface area contributed by atoms with E-state index in [2.05, 4.69) is 55.3 Å². The Morgan fingerprint density at radius 1 is 1.16 bits per heavy atom. The lowest BCUT2D eigenvalue weighted by Crippen LogP contribution is -2.46. The number of hydrogen-bond acceptors (Lipinski definition) is 3. The second kappa shape index (κ2) is 6.04. The van der Waals surface area contributed by atoms with E-state index >= 15 is 0 Å². The van der Waals surface area contributed by atoms with E-state index in [1.807, 2.05) is 0 Å². The largest absolute Gasteiger partial charge is 0.394 e. The van der Waals surface area contributed by atoms with Gasteiger partial charge in [-0.25, -0.2) is 0 Å². The molecule has 106 valence electrons. The molecule has 1 aromatic rings. The molecule has 1 saturated heterocycles. The van der Waals surface area contributed by atoms with E-state index in [4.69, 9.17) is 0 Å². The van der Waals surface area contributed by atoms with E-state index in [9.17, 15) is 5.11 Å². The zero-order valence-electron chi connectivity index (χ0n) is 12.3. The molecule has 1 heterocycles. The lowest BCUT2D eigenvalue weighted by molar-refractivity contribution is 0.111. The van der Waals surface area contributed by atoms with Crippen molar-refractivity contribution in [3.05, 3.63) is 35.4 Å². The predicted molar refractivity (Wildman–Crippen MR) is 79.4 cm³/mol. The van der Waals surface area contributed by atoms with Gasteiger partial charge < -0.3 is 10.4 Å². The number of aliphatic hydroxyl groups is 1. The Balaban J connectivity index is 2.14. The van der Waals surface area contributed by atoms with Crippen LogP contribution in [0.5, 0.6) is 0 Å². The second-order valence-electron chi connectivity index (χ2n) is 6.36. The first-order chi connectivity index (χ1) is 9.02. The number of hydrogen-bond donors (Lipinski definition) is 2. The van der Waals surface area contributed by atoms with Gasteiger partial charge in [0, 0.05) is 26.2 Å². The smallest absolute Gasteiger partial charge is 0.0628 e. The van der Waals surface area contributed by atoms with Crippen molar-refractivity contribution < 1.29 is 5.11 Å². The number of benzene rings is 1. The molecule has 1 atom stereocenters. The molecule has 19 heavy (non-hydrogen) atoms. The quantitative estimate of drug-likeness (QED) is 0.873. The van der Waals surface area contributed by atoms with E-state index < -0.39 is 0 Å². The summed E-state index contributed by atoms with van der Waals surface area (Å²) in [5.74, 6) is 0. The first kappa shape index (κ1) is 14.5. The lowest BCUT2D eigenvalue weighted by Gasteiger charge is -2.34. The van der Waals surface area contributed by atoms with Gasteiger partial charge in [-0.3, -0.25) is 4.90 Å². The minimum Gasteiger partial charge on any atom is -0.394 e. The van der Waals surface area contributed by atoms with E-state index in [1.165, 1.54) is 11.1 Å². The Bertz CT molecular complexity index is 388. The van der Waals surface area contributed by atoms with Crippen molar-refractivity contribution in [3.8, 4) is 0 Å². The van der Waals surface area contributed by atoms with Crippen molar-refractivity contribution in [2.75, 3.05) is 32.8 Å². The molecule has 0 radical (unpaired) electrons. The number of rotatable bonds is 3. The number of aliphatic hydroxyl groups excluding tert-OH is 1. The zero-order chi connectivity index (χ0) is 13.9. The highest BCUT2D eigenvalue weighted by Crippen LogP contribution is 2.26. The molecule has 0 unspecified atom stereocenters. The van der Waals surface area contributed by atoms with Crippen LogP contribution in [-0.2, 0) is 5.41 Å². The molecule has 0 bridgehead atoms. The van der Waals surface area contributed by atoms with Crippen molar-refractivity contribution in [3.63, 3.8) is 0 Å². The fraction of sp³-hybridized carbons (Fsp3) is 0.625. The van der Waals surface area contributed by atoms with Crippen molar-refractivity contribution >= 4 is 0 Å². The molecule has 3 heteroatoms. The maximum Gasteiger partial charge on any atom is 0.0628 e. The fourth-order valence-electron chi connectivity index (χ4n) is 2.63. The molecule has 1 aliphatic rings. The van der Waals surface area contributed by atoms with E-state index in [0.29, 0.717) is 0 Å². The molecule has 1 aromatic carbocycles. The molecule has 1 aliphatic heterocycles. The monoisotopic (exact) mass is 262 g/mol. The molecular weight excluding hydrogens is 236 g/mol. The van der Waals surface area contributed by atoms with Crippen LogP contribution in [0.2, 0.25) is 0 Å². The summed E-state index contributed by atoms with van der Waals surface area (Å²) in [4.78, 5) is 2.36. The number of piperazine rings is 1. The Labute approximate surface area is 116 Å². The van der Waals surface area contributed by atoms with Crippen LogP contribution in [0, 0.1) is 0 Å². The maximum atomic E-state index is 9.70. The van der Waals surface area contributed by atoms with Gasteiger partial charge in [0.25, 0.3) is 0 Å². The van der Waals surface area contributed by atoms with Crippen LogP contribution < -0.4 is 5.32 Å². The molecular formula is C16H26N2O. The molecule has 2 N–H and O–H groups in total. The third-order valence-corrected chi connectivity index (χ3v) is 3.93. The van der Waals surface area contributed by atoms with Crippen molar-refractivity contribution in [1.82, 2.24) is 10.2 Å². The summed E-state index contributed by atoms with van der Waals surface area (Å²) < 4.78 is 0. The molecule has 0 spiro atoms. The minimum atomic E-state index is 0.135. The normalized spacial score (nSPS) is 19.4. The highest BCUT2D eigenvalue weighted by Gasteiger charge is 2.22. The molecule has 0 saturated carbocycles. The summed E-state index contributed by atoms with van der Waals surface area (Å²) >= 11 is 0. The Morgan fingerprint density at radius 2 is 1.74 bits per heavy atom. The van der Waals surface area contributed by atoms with Crippen molar-refractivity contribution in [2.45, 2.75) is 32.2 Å². The third-order valence-electron chi connectivity index (χ3n) is 3.93. The highest BCUT2D eigenvalue weighted by molar-refractivity contribution is 5.29. The van der Waals surface area contributed by atoms with Crippen LogP contribution in [0.3, 0.4) is 0 Å². The first-order valence-corrected chi connectivity index (χ1v) is 7.18. The molecule has 0 amide bonds. The van der Waals surface area contributed by atoms with Crippen molar-refractivity contribution in [1.29, 1.82) is 0 Å². The fourth-order valence-corrected chi connectivity index (χ4v) is 2.63. The van der Waals surface area contributed by atoms with Gasteiger partial charge in [0.05, 0.1) is 12.6 Å². The average molecular weight is 262 g/mol. The molecule has 0 aliphatic carbocycles. The summed E-state index contributed by atoms with van der Waals surface area (Å²) in [6.07, 6.45) is 0. The van der Waals surface area contributed by atoms with Gasteiger partial charge in [-0.2, -0.15) is 0 Å². The van der Waals surface area contributed by atoms with Gasteiger partial charge in [-0.1, -0.05) is 45.0 Å². The second-order valence-corrected chi connectivity index (χ2v) is 6.36. The van der Waals surface area contributed by atoms with Crippen LogP contribution in [-0.4, -0.2) is 42.8 Å². The molecule has 2 rings (SSSR count). The van der Waals surface area contributed by atoms with E-state index in [-0.39, 0.29) is 18.1 Å². The van der Waals surface area contributed by atoms with Gasteiger partial charge in [0.1, 0.15) is 0 Å². The van der Waals surface area contributed by atoms with E-state index in [1.54, 1.807) is 0 Å². The summed E-state index contributed by atoms with van der Waals surface area (Å²) in [5.41, 5.74) is 2.74. The van der Waals surface area contributed by atoms with Crippen LogP contribution in [0.15, 0.2) is 24.3 Å². The standard InChI is InChI=1S/C16H26N2O/c1-16(2,3)14-6-4-13(5-7-14)15(12-19)18-10-8-17-9-11-18/h4-7,15,17,19H,8-12H2,1-3H3/t15-/m0/s1. The van der Waals surface area contributed by atoms with Gasteiger partial charge >= 0.3 is 0 Å². The zero-order valence-corrected chi connectivity index (χ0v) is 12.3. The van der Waals surface area contributed by atoms with Crippen LogP contribution in [0.4, 0.5) is 0 Å². The maximum absolute atomic E-state index is 9.70.